The molecule has 5 heteroatoms. The molecule has 0 bridgehead atoms. The van der Waals surface area contributed by atoms with E-state index >= 15 is 0 Å². The molecule has 0 saturated carbocycles. The summed E-state index contributed by atoms with van der Waals surface area (Å²) >= 11 is 0. The number of carboxylic acid groups (broad SMARTS) is 1. The van der Waals surface area contributed by atoms with Gasteiger partial charge in [0.1, 0.15) is 6.54 Å². The van der Waals surface area contributed by atoms with Gasteiger partial charge in [-0.25, -0.2) is 4.79 Å². The van der Waals surface area contributed by atoms with Crippen LogP contribution in [0.2, 0.25) is 0 Å². The van der Waals surface area contributed by atoms with Crippen molar-refractivity contribution < 1.29 is 23.9 Å². The zero-order valence-corrected chi connectivity index (χ0v) is 16.6. The number of unbranched alkanes of at least 4 members (excludes halogenated alkanes) is 8. The zero-order valence-electron chi connectivity index (χ0n) is 16.6. The van der Waals surface area contributed by atoms with Crippen LogP contribution in [0.5, 0.6) is 0 Å². The van der Waals surface area contributed by atoms with Crippen LogP contribution in [0.25, 0.3) is 0 Å². The number of nitrogens with zero attached hydrogens (tertiary/aromatic N) is 1. The lowest BCUT2D eigenvalue weighted by Gasteiger charge is -2.28. The molecular formula is C20H38NO4+. The number of rotatable bonds is 15. The van der Waals surface area contributed by atoms with E-state index in [4.69, 9.17) is 9.84 Å². The highest BCUT2D eigenvalue weighted by Crippen LogP contribution is 2.10. The predicted molar refractivity (Wildman–Crippen MR) is 101 cm³/mol. The molecule has 0 amide bonds. The van der Waals surface area contributed by atoms with Crippen LogP contribution in [0.4, 0.5) is 0 Å². The van der Waals surface area contributed by atoms with Gasteiger partial charge in [0.25, 0.3) is 0 Å². The van der Waals surface area contributed by atoms with Crippen LogP contribution in [0.15, 0.2) is 12.2 Å². The predicted octanol–water partition coefficient (Wildman–Crippen LogP) is 4.17. The summed E-state index contributed by atoms with van der Waals surface area (Å²) in [5.41, 5.74) is 0. The monoisotopic (exact) mass is 356 g/mol. The first-order valence-corrected chi connectivity index (χ1v) is 9.64. The Balaban J connectivity index is 3.93. The molecule has 0 aliphatic rings. The number of carbonyl (C=O) groups excluding carboxylic acids is 1. The van der Waals surface area contributed by atoms with Crippen molar-refractivity contribution in [3.8, 4) is 0 Å². The summed E-state index contributed by atoms with van der Waals surface area (Å²) in [4.78, 5) is 22.8. The highest BCUT2D eigenvalue weighted by molar-refractivity contribution is 5.82. The summed E-state index contributed by atoms with van der Waals surface area (Å²) in [5, 5.41) is 8.94. The largest absolute Gasteiger partial charge is 0.481 e. The topological polar surface area (TPSA) is 63.6 Å². The van der Waals surface area contributed by atoms with Crippen LogP contribution in [0, 0.1) is 0 Å². The molecule has 5 nitrogen and oxygen atoms in total. The van der Waals surface area contributed by atoms with E-state index in [9.17, 15) is 9.59 Å². The van der Waals surface area contributed by atoms with Crippen LogP contribution < -0.4 is 0 Å². The second kappa shape index (κ2) is 13.9. The summed E-state index contributed by atoms with van der Waals surface area (Å²) in [6.45, 7) is 2.70. The van der Waals surface area contributed by atoms with Crippen molar-refractivity contribution in [2.45, 2.75) is 77.2 Å². The Morgan fingerprint density at radius 3 is 2.08 bits per heavy atom. The van der Waals surface area contributed by atoms with Crippen molar-refractivity contribution in [3.05, 3.63) is 12.2 Å². The normalized spacial score (nSPS) is 13.1. The van der Waals surface area contributed by atoms with Gasteiger partial charge < -0.3 is 14.3 Å². The molecule has 0 fully saturated rings. The number of quaternary nitrogens is 1. The van der Waals surface area contributed by atoms with Crippen LogP contribution in [-0.2, 0) is 14.3 Å². The number of esters is 1. The Morgan fingerprint density at radius 1 is 1.00 bits per heavy atom. The van der Waals surface area contributed by atoms with E-state index in [1.54, 1.807) is 0 Å². The number of carbonyl (C=O) groups is 2. The summed E-state index contributed by atoms with van der Waals surface area (Å²) in [7, 11) is 5.84. The number of carboxylic acids is 1. The van der Waals surface area contributed by atoms with E-state index in [0.717, 1.165) is 12.8 Å². The fourth-order valence-corrected chi connectivity index (χ4v) is 2.73. The molecule has 146 valence electrons. The van der Waals surface area contributed by atoms with Crippen molar-refractivity contribution in [2.24, 2.45) is 0 Å². The van der Waals surface area contributed by atoms with Crippen LogP contribution in [0.3, 0.4) is 0 Å². The van der Waals surface area contributed by atoms with Crippen molar-refractivity contribution in [3.63, 3.8) is 0 Å². The van der Waals surface area contributed by atoms with Gasteiger partial charge in [0.2, 0.25) is 0 Å². The summed E-state index contributed by atoms with van der Waals surface area (Å²) in [6, 6.07) is 0. The summed E-state index contributed by atoms with van der Waals surface area (Å²) < 4.78 is 5.85. The SMILES string of the molecule is CCCCCCCCCCC=CC(=O)OC(CC(=O)O)C[N+](C)(C)C. The Labute approximate surface area is 153 Å². The van der Waals surface area contributed by atoms with E-state index in [0.29, 0.717) is 11.0 Å². The van der Waals surface area contributed by atoms with E-state index in [1.165, 1.54) is 51.0 Å². The van der Waals surface area contributed by atoms with Gasteiger partial charge in [-0.3, -0.25) is 4.79 Å². The van der Waals surface area contributed by atoms with E-state index in [1.807, 2.05) is 27.2 Å². The zero-order chi connectivity index (χ0) is 19.1. The minimum Gasteiger partial charge on any atom is -0.481 e. The Hall–Kier alpha value is -1.36. The second-order valence-electron chi connectivity index (χ2n) is 7.80. The molecule has 0 aromatic carbocycles. The maximum Gasteiger partial charge on any atom is 0.330 e. The van der Waals surface area contributed by atoms with Gasteiger partial charge >= 0.3 is 11.9 Å². The maximum atomic E-state index is 11.8. The average molecular weight is 357 g/mol. The fourth-order valence-electron chi connectivity index (χ4n) is 2.73. The fraction of sp³-hybridized carbons (Fsp3) is 0.800. The van der Waals surface area contributed by atoms with Gasteiger partial charge in [0, 0.05) is 6.08 Å². The first-order valence-electron chi connectivity index (χ1n) is 9.64. The number of hydrogen-bond donors (Lipinski definition) is 1. The Bertz CT molecular complexity index is 399. The smallest absolute Gasteiger partial charge is 0.330 e. The summed E-state index contributed by atoms with van der Waals surface area (Å²) in [6.07, 6.45) is 13.5. The second-order valence-corrected chi connectivity index (χ2v) is 7.80. The van der Waals surface area contributed by atoms with Crippen molar-refractivity contribution in [1.82, 2.24) is 0 Å². The molecule has 1 atom stereocenters. The van der Waals surface area contributed by atoms with Gasteiger partial charge in [-0.2, -0.15) is 0 Å². The lowest BCUT2D eigenvalue weighted by Crippen LogP contribution is -2.43. The molecule has 0 aliphatic heterocycles. The molecule has 0 aliphatic carbocycles. The molecule has 0 aromatic heterocycles. The number of ether oxygens (including phenoxy) is 1. The van der Waals surface area contributed by atoms with E-state index < -0.39 is 18.0 Å². The van der Waals surface area contributed by atoms with Crippen molar-refractivity contribution in [2.75, 3.05) is 27.7 Å². The van der Waals surface area contributed by atoms with Gasteiger partial charge in [0.05, 0.1) is 27.6 Å². The van der Waals surface area contributed by atoms with Gasteiger partial charge in [0.15, 0.2) is 6.10 Å². The average Bonchev–Trinajstić information content (AvgIpc) is 2.46. The van der Waals surface area contributed by atoms with Gasteiger partial charge in [-0.05, 0) is 12.8 Å². The number of aliphatic carboxylic acids is 1. The van der Waals surface area contributed by atoms with E-state index in [-0.39, 0.29) is 6.42 Å². The molecule has 0 heterocycles. The number of allylic oxidation sites excluding steroid dienone is 1. The first-order chi connectivity index (χ1) is 11.7. The highest BCUT2D eigenvalue weighted by Gasteiger charge is 2.23. The number of hydrogen-bond acceptors (Lipinski definition) is 3. The van der Waals surface area contributed by atoms with Crippen LogP contribution in [-0.4, -0.2) is 55.3 Å². The lowest BCUT2D eigenvalue weighted by molar-refractivity contribution is -0.873. The number of likely N-dealkylation sites (N-methyl/N-ethyl adjacent to an activating group) is 1. The first kappa shape index (κ1) is 23.6. The van der Waals surface area contributed by atoms with Crippen LogP contribution >= 0.6 is 0 Å². The molecule has 0 saturated heterocycles. The minimum absolute atomic E-state index is 0.160. The molecule has 0 rings (SSSR count). The molecule has 0 spiro atoms. The third-order valence-electron chi connectivity index (χ3n) is 3.91. The van der Waals surface area contributed by atoms with Gasteiger partial charge in [-0.15, -0.1) is 0 Å². The highest BCUT2D eigenvalue weighted by atomic mass is 16.5. The lowest BCUT2D eigenvalue weighted by atomic mass is 10.1. The van der Waals surface area contributed by atoms with E-state index in [2.05, 4.69) is 6.92 Å². The third-order valence-corrected chi connectivity index (χ3v) is 3.91. The standard InChI is InChI=1S/C20H37NO4/c1-5-6-7-8-9-10-11-12-13-14-15-20(24)25-18(16-19(22)23)17-21(2,3)4/h14-15,18H,5-13,16-17H2,1-4H3/p+1. The molecule has 0 radical (unpaired) electrons. The molecule has 25 heavy (non-hydrogen) atoms. The summed E-state index contributed by atoms with van der Waals surface area (Å²) in [5.74, 6) is -1.39. The molecule has 1 N–H and O–H groups in total. The van der Waals surface area contributed by atoms with Crippen LogP contribution in [0.1, 0.15) is 71.1 Å². The van der Waals surface area contributed by atoms with Gasteiger partial charge in [-0.1, -0.05) is 57.9 Å². The molecular weight excluding hydrogens is 318 g/mol. The van der Waals surface area contributed by atoms with Crippen molar-refractivity contribution in [1.29, 1.82) is 0 Å². The molecule has 0 aromatic rings. The Kier molecular flexibility index (Phi) is 13.1. The minimum atomic E-state index is -0.950. The quantitative estimate of drug-likeness (QED) is 0.207. The Morgan fingerprint density at radius 2 is 1.56 bits per heavy atom. The molecule has 1 unspecified atom stereocenters. The third kappa shape index (κ3) is 17.3. The van der Waals surface area contributed by atoms with Crippen molar-refractivity contribution >= 4 is 11.9 Å². The maximum absolute atomic E-state index is 11.8.